The van der Waals surface area contributed by atoms with E-state index in [0.717, 1.165) is 26.4 Å². The van der Waals surface area contributed by atoms with Crippen LogP contribution in [0, 0.1) is 0 Å². The lowest BCUT2D eigenvalue weighted by Gasteiger charge is -1.91. The highest BCUT2D eigenvalue weighted by molar-refractivity contribution is 7.15. The molecule has 17 heavy (non-hydrogen) atoms. The van der Waals surface area contributed by atoms with Crippen LogP contribution in [0.5, 0.6) is 0 Å². The summed E-state index contributed by atoms with van der Waals surface area (Å²) in [4.78, 5) is 5.47. The minimum Gasteiger partial charge on any atom is -0.464 e. The smallest absolute Gasteiger partial charge is 0.134 e. The first-order valence-corrected chi connectivity index (χ1v) is 6.22. The lowest BCUT2D eigenvalue weighted by atomic mass is 10.2. The highest BCUT2D eigenvalue weighted by Crippen LogP contribution is 2.33. The molecule has 0 aliphatic rings. The second-order valence-corrected chi connectivity index (χ2v) is 4.87. The van der Waals surface area contributed by atoms with Crippen LogP contribution in [0.3, 0.4) is 0 Å². The summed E-state index contributed by atoms with van der Waals surface area (Å²) in [5.41, 5.74) is 1.90. The zero-order valence-electron chi connectivity index (χ0n) is 9.09. The molecular formula is C13H11NO2S. The summed E-state index contributed by atoms with van der Waals surface area (Å²) in [6.45, 7) is 0.160. The number of fused-ring (bicyclic) bond motifs is 1. The second-order valence-electron chi connectivity index (χ2n) is 3.75. The van der Waals surface area contributed by atoms with Gasteiger partial charge in [-0.05, 0) is 6.07 Å². The van der Waals surface area contributed by atoms with E-state index in [0.29, 0.717) is 6.42 Å². The number of nitrogens with zero attached hydrogens (tertiary/aromatic N) is 1. The van der Waals surface area contributed by atoms with Crippen molar-refractivity contribution >= 4 is 22.3 Å². The maximum atomic E-state index is 8.89. The van der Waals surface area contributed by atoms with Crippen LogP contribution in [-0.4, -0.2) is 16.7 Å². The van der Waals surface area contributed by atoms with Crippen molar-refractivity contribution < 1.29 is 9.52 Å². The fourth-order valence-corrected chi connectivity index (χ4v) is 2.72. The number of aliphatic hydroxyl groups excluding tert-OH is 1. The first-order chi connectivity index (χ1) is 8.38. The van der Waals surface area contributed by atoms with Crippen LogP contribution in [0.1, 0.15) is 4.88 Å². The van der Waals surface area contributed by atoms with Gasteiger partial charge in [-0.1, -0.05) is 18.2 Å². The van der Waals surface area contributed by atoms with Gasteiger partial charge in [0.1, 0.15) is 16.9 Å². The van der Waals surface area contributed by atoms with E-state index < -0.39 is 0 Å². The monoisotopic (exact) mass is 245 g/mol. The van der Waals surface area contributed by atoms with E-state index in [4.69, 9.17) is 9.52 Å². The minimum atomic E-state index is 0.160. The van der Waals surface area contributed by atoms with E-state index in [1.54, 1.807) is 17.6 Å². The Bertz CT molecular complexity index is 641. The molecule has 0 saturated carbocycles. The number of benzene rings is 1. The number of thiazole rings is 1. The quantitative estimate of drug-likeness (QED) is 0.771. The predicted octanol–water partition coefficient (Wildman–Crippen LogP) is 3.09. The van der Waals surface area contributed by atoms with E-state index in [1.807, 2.05) is 30.5 Å². The normalized spacial score (nSPS) is 11.1. The van der Waals surface area contributed by atoms with E-state index in [2.05, 4.69) is 4.98 Å². The number of aliphatic hydroxyl groups is 1. The molecule has 4 heteroatoms. The third kappa shape index (κ3) is 1.85. The standard InChI is InChI=1S/C13H11NO2S/c15-6-5-9-7-14-13(17-9)11-8-16-12-4-2-1-3-10(11)12/h1-4,7-8,15H,5-6H2. The summed E-state index contributed by atoms with van der Waals surface area (Å²) in [5, 5.41) is 10.9. The Morgan fingerprint density at radius 1 is 1.29 bits per heavy atom. The molecule has 0 spiro atoms. The molecule has 2 aromatic heterocycles. The molecule has 0 bridgehead atoms. The molecule has 0 amide bonds. The maximum Gasteiger partial charge on any atom is 0.134 e. The van der Waals surface area contributed by atoms with Gasteiger partial charge in [0.2, 0.25) is 0 Å². The van der Waals surface area contributed by atoms with E-state index in [9.17, 15) is 0 Å². The van der Waals surface area contributed by atoms with Crippen LogP contribution in [0.2, 0.25) is 0 Å². The van der Waals surface area contributed by atoms with Crippen molar-refractivity contribution in [3.05, 3.63) is 41.6 Å². The molecule has 0 fully saturated rings. The Kier molecular flexibility index (Phi) is 2.66. The van der Waals surface area contributed by atoms with E-state index in [-0.39, 0.29) is 6.61 Å². The Hall–Kier alpha value is -1.65. The molecule has 0 aliphatic carbocycles. The van der Waals surface area contributed by atoms with Crippen molar-refractivity contribution in [3.8, 4) is 10.6 Å². The molecule has 3 aromatic rings. The van der Waals surface area contributed by atoms with E-state index in [1.165, 1.54) is 0 Å². The molecular weight excluding hydrogens is 234 g/mol. The maximum absolute atomic E-state index is 8.89. The fraction of sp³-hybridized carbons (Fsp3) is 0.154. The highest BCUT2D eigenvalue weighted by Gasteiger charge is 2.11. The number of para-hydroxylation sites is 1. The molecule has 0 radical (unpaired) electrons. The van der Waals surface area contributed by atoms with Gasteiger partial charge in [-0.25, -0.2) is 4.98 Å². The third-order valence-corrected chi connectivity index (χ3v) is 3.71. The van der Waals surface area contributed by atoms with Gasteiger partial charge in [0.25, 0.3) is 0 Å². The Balaban J connectivity index is 2.07. The van der Waals surface area contributed by atoms with Crippen molar-refractivity contribution in [3.63, 3.8) is 0 Å². The molecule has 0 saturated heterocycles. The largest absolute Gasteiger partial charge is 0.464 e. The van der Waals surface area contributed by atoms with Crippen molar-refractivity contribution in [2.75, 3.05) is 6.61 Å². The first kappa shape index (κ1) is 10.5. The topological polar surface area (TPSA) is 46.3 Å². The summed E-state index contributed by atoms with van der Waals surface area (Å²) in [6.07, 6.45) is 4.22. The number of hydrogen-bond donors (Lipinski definition) is 1. The Morgan fingerprint density at radius 2 is 2.18 bits per heavy atom. The lowest BCUT2D eigenvalue weighted by Crippen LogP contribution is -1.84. The van der Waals surface area contributed by atoms with Crippen LogP contribution in [-0.2, 0) is 6.42 Å². The number of rotatable bonds is 3. The molecule has 86 valence electrons. The minimum absolute atomic E-state index is 0.160. The average Bonchev–Trinajstić information content (AvgIpc) is 2.95. The average molecular weight is 245 g/mol. The zero-order chi connectivity index (χ0) is 11.7. The third-order valence-electron chi connectivity index (χ3n) is 2.62. The zero-order valence-corrected chi connectivity index (χ0v) is 9.91. The summed E-state index contributed by atoms with van der Waals surface area (Å²) < 4.78 is 5.49. The second kappa shape index (κ2) is 4.31. The molecule has 0 aliphatic heterocycles. The first-order valence-electron chi connectivity index (χ1n) is 5.40. The van der Waals surface area contributed by atoms with Gasteiger partial charge in [0, 0.05) is 29.5 Å². The SMILES string of the molecule is OCCc1cnc(-c2coc3ccccc23)s1. The van der Waals surface area contributed by atoms with Crippen LogP contribution in [0.4, 0.5) is 0 Å². The van der Waals surface area contributed by atoms with Crippen molar-refractivity contribution in [2.24, 2.45) is 0 Å². The number of furan rings is 1. The van der Waals surface area contributed by atoms with Gasteiger partial charge in [-0.3, -0.25) is 0 Å². The Morgan fingerprint density at radius 3 is 3.06 bits per heavy atom. The highest BCUT2D eigenvalue weighted by atomic mass is 32.1. The molecule has 3 nitrogen and oxygen atoms in total. The summed E-state index contributed by atoms with van der Waals surface area (Å²) in [7, 11) is 0. The van der Waals surface area contributed by atoms with Gasteiger partial charge in [-0.15, -0.1) is 11.3 Å². The van der Waals surface area contributed by atoms with Gasteiger partial charge in [0.05, 0.1) is 5.56 Å². The molecule has 3 rings (SSSR count). The van der Waals surface area contributed by atoms with Crippen molar-refractivity contribution in [1.82, 2.24) is 4.98 Å². The van der Waals surface area contributed by atoms with Gasteiger partial charge < -0.3 is 9.52 Å². The van der Waals surface area contributed by atoms with Gasteiger partial charge in [0.15, 0.2) is 0 Å². The van der Waals surface area contributed by atoms with Crippen LogP contribution >= 0.6 is 11.3 Å². The van der Waals surface area contributed by atoms with E-state index >= 15 is 0 Å². The van der Waals surface area contributed by atoms with Crippen LogP contribution < -0.4 is 0 Å². The number of aromatic nitrogens is 1. The molecule has 0 atom stereocenters. The summed E-state index contributed by atoms with van der Waals surface area (Å²) in [6, 6.07) is 7.92. The molecule has 1 N–H and O–H groups in total. The lowest BCUT2D eigenvalue weighted by molar-refractivity contribution is 0.300. The molecule has 1 aromatic carbocycles. The van der Waals surface area contributed by atoms with Gasteiger partial charge in [-0.2, -0.15) is 0 Å². The van der Waals surface area contributed by atoms with Crippen molar-refractivity contribution in [2.45, 2.75) is 6.42 Å². The summed E-state index contributed by atoms with van der Waals surface area (Å²) in [5.74, 6) is 0. The predicted molar refractivity (Wildman–Crippen MR) is 68.1 cm³/mol. The number of hydrogen-bond acceptors (Lipinski definition) is 4. The summed E-state index contributed by atoms with van der Waals surface area (Å²) >= 11 is 1.60. The molecule has 2 heterocycles. The van der Waals surface area contributed by atoms with Crippen molar-refractivity contribution in [1.29, 1.82) is 0 Å². The van der Waals surface area contributed by atoms with Crippen LogP contribution in [0.25, 0.3) is 21.5 Å². The van der Waals surface area contributed by atoms with Gasteiger partial charge >= 0.3 is 0 Å². The van der Waals surface area contributed by atoms with Crippen LogP contribution in [0.15, 0.2) is 41.1 Å². The Labute approximate surface area is 102 Å². The molecule has 0 unspecified atom stereocenters. The fourth-order valence-electron chi connectivity index (χ4n) is 1.80.